The van der Waals surface area contributed by atoms with E-state index in [1.165, 1.54) is 0 Å². The van der Waals surface area contributed by atoms with Crippen molar-refractivity contribution >= 4 is 0 Å². The van der Waals surface area contributed by atoms with Crippen molar-refractivity contribution in [2.75, 3.05) is 0 Å². The standard InChI is InChI=1S/C10H18O/c1-8(11)10(4)7-5-6-9(10,2)3/h5-6,8,11H,7H2,1-4H3. The molecule has 0 aromatic heterocycles. The minimum atomic E-state index is -0.229. The second-order valence-corrected chi connectivity index (χ2v) is 4.42. The van der Waals surface area contributed by atoms with E-state index in [-0.39, 0.29) is 16.9 Å². The number of aliphatic hydroxyl groups excluding tert-OH is 1. The zero-order chi connectivity index (χ0) is 8.70. The third kappa shape index (κ3) is 1.12. The van der Waals surface area contributed by atoms with E-state index in [0.717, 1.165) is 6.42 Å². The molecule has 0 saturated heterocycles. The van der Waals surface area contributed by atoms with Crippen LogP contribution < -0.4 is 0 Å². The van der Waals surface area contributed by atoms with E-state index in [9.17, 15) is 5.11 Å². The second kappa shape index (κ2) is 2.34. The first kappa shape index (κ1) is 8.79. The lowest BCUT2D eigenvalue weighted by Gasteiger charge is -2.40. The molecule has 0 aromatic carbocycles. The highest BCUT2D eigenvalue weighted by Crippen LogP contribution is 2.49. The molecular weight excluding hydrogens is 136 g/mol. The molecule has 1 N–H and O–H groups in total. The van der Waals surface area contributed by atoms with Gasteiger partial charge in [0.1, 0.15) is 0 Å². The van der Waals surface area contributed by atoms with Gasteiger partial charge in [-0.3, -0.25) is 0 Å². The molecule has 0 bridgehead atoms. The molecule has 64 valence electrons. The highest BCUT2D eigenvalue weighted by molar-refractivity contribution is 5.14. The SMILES string of the molecule is CC(O)C1(C)CC=CC1(C)C. The Morgan fingerprint density at radius 1 is 1.36 bits per heavy atom. The lowest BCUT2D eigenvalue weighted by atomic mass is 9.66. The van der Waals surface area contributed by atoms with E-state index in [1.54, 1.807) is 0 Å². The van der Waals surface area contributed by atoms with Crippen molar-refractivity contribution in [1.29, 1.82) is 0 Å². The van der Waals surface area contributed by atoms with Crippen molar-refractivity contribution in [3.05, 3.63) is 12.2 Å². The molecule has 0 spiro atoms. The van der Waals surface area contributed by atoms with E-state index in [1.807, 2.05) is 6.92 Å². The number of rotatable bonds is 1. The summed E-state index contributed by atoms with van der Waals surface area (Å²) in [4.78, 5) is 0. The fourth-order valence-corrected chi connectivity index (χ4v) is 1.76. The summed E-state index contributed by atoms with van der Waals surface area (Å²) < 4.78 is 0. The molecule has 0 aromatic rings. The molecule has 2 unspecified atom stereocenters. The topological polar surface area (TPSA) is 20.2 Å². The van der Waals surface area contributed by atoms with Gasteiger partial charge in [-0.05, 0) is 18.8 Å². The van der Waals surface area contributed by atoms with Crippen LogP contribution in [-0.2, 0) is 0 Å². The zero-order valence-electron chi connectivity index (χ0n) is 7.89. The Morgan fingerprint density at radius 2 is 1.91 bits per heavy atom. The summed E-state index contributed by atoms with van der Waals surface area (Å²) in [6.07, 6.45) is 5.15. The zero-order valence-corrected chi connectivity index (χ0v) is 7.89. The van der Waals surface area contributed by atoms with E-state index in [4.69, 9.17) is 0 Å². The molecule has 0 fully saturated rings. The van der Waals surface area contributed by atoms with E-state index in [0.29, 0.717) is 0 Å². The van der Waals surface area contributed by atoms with Gasteiger partial charge >= 0.3 is 0 Å². The van der Waals surface area contributed by atoms with Gasteiger partial charge in [0.05, 0.1) is 6.10 Å². The summed E-state index contributed by atoms with van der Waals surface area (Å²) in [5.41, 5.74) is 0.175. The Kier molecular flexibility index (Phi) is 1.87. The molecule has 1 heteroatoms. The quantitative estimate of drug-likeness (QED) is 0.575. The molecule has 0 radical (unpaired) electrons. The fourth-order valence-electron chi connectivity index (χ4n) is 1.76. The molecular formula is C10H18O. The molecule has 0 amide bonds. The average Bonchev–Trinajstić information content (AvgIpc) is 2.09. The van der Waals surface area contributed by atoms with Gasteiger partial charge in [0.15, 0.2) is 0 Å². The molecule has 11 heavy (non-hydrogen) atoms. The van der Waals surface area contributed by atoms with Crippen molar-refractivity contribution < 1.29 is 5.11 Å². The first-order valence-electron chi connectivity index (χ1n) is 4.26. The maximum atomic E-state index is 9.61. The normalized spacial score (nSPS) is 37.5. The second-order valence-electron chi connectivity index (χ2n) is 4.42. The Hall–Kier alpha value is -0.300. The largest absolute Gasteiger partial charge is 0.393 e. The van der Waals surface area contributed by atoms with Gasteiger partial charge in [-0.15, -0.1) is 0 Å². The predicted molar refractivity (Wildman–Crippen MR) is 47.3 cm³/mol. The monoisotopic (exact) mass is 154 g/mol. The molecule has 1 aliphatic rings. The van der Waals surface area contributed by atoms with Gasteiger partial charge < -0.3 is 5.11 Å². The van der Waals surface area contributed by atoms with Crippen LogP contribution in [0.15, 0.2) is 12.2 Å². The Bertz CT molecular complexity index is 179. The minimum absolute atomic E-state index is 0.0347. The molecule has 0 saturated carbocycles. The van der Waals surface area contributed by atoms with Crippen molar-refractivity contribution in [1.82, 2.24) is 0 Å². The maximum Gasteiger partial charge on any atom is 0.0576 e. The lowest BCUT2D eigenvalue weighted by molar-refractivity contribution is -0.00435. The van der Waals surface area contributed by atoms with Crippen LogP contribution in [0.5, 0.6) is 0 Å². The molecule has 2 atom stereocenters. The molecule has 0 aliphatic heterocycles. The van der Waals surface area contributed by atoms with E-state index >= 15 is 0 Å². The Labute approximate surface area is 69.1 Å². The van der Waals surface area contributed by atoms with Gasteiger partial charge in [-0.25, -0.2) is 0 Å². The van der Waals surface area contributed by atoms with Crippen LogP contribution in [0.25, 0.3) is 0 Å². The van der Waals surface area contributed by atoms with Crippen molar-refractivity contribution in [3.8, 4) is 0 Å². The van der Waals surface area contributed by atoms with Crippen LogP contribution in [-0.4, -0.2) is 11.2 Å². The van der Waals surface area contributed by atoms with Gasteiger partial charge in [-0.2, -0.15) is 0 Å². The maximum absolute atomic E-state index is 9.61. The van der Waals surface area contributed by atoms with Gasteiger partial charge in [-0.1, -0.05) is 32.9 Å². The molecule has 1 nitrogen and oxygen atoms in total. The van der Waals surface area contributed by atoms with Crippen LogP contribution in [0.3, 0.4) is 0 Å². The molecule has 0 heterocycles. The number of hydrogen-bond donors (Lipinski definition) is 1. The third-order valence-electron chi connectivity index (χ3n) is 3.47. The van der Waals surface area contributed by atoms with Crippen LogP contribution in [0, 0.1) is 10.8 Å². The summed E-state index contributed by atoms with van der Waals surface area (Å²) >= 11 is 0. The van der Waals surface area contributed by atoms with Crippen molar-refractivity contribution in [3.63, 3.8) is 0 Å². The average molecular weight is 154 g/mol. The lowest BCUT2D eigenvalue weighted by Crippen LogP contribution is -2.39. The summed E-state index contributed by atoms with van der Waals surface area (Å²) in [6, 6.07) is 0. The van der Waals surface area contributed by atoms with Crippen LogP contribution in [0.4, 0.5) is 0 Å². The number of aliphatic hydroxyl groups is 1. The third-order valence-corrected chi connectivity index (χ3v) is 3.47. The van der Waals surface area contributed by atoms with Crippen LogP contribution in [0.2, 0.25) is 0 Å². The van der Waals surface area contributed by atoms with Crippen LogP contribution >= 0.6 is 0 Å². The Morgan fingerprint density at radius 3 is 2.09 bits per heavy atom. The minimum Gasteiger partial charge on any atom is -0.393 e. The predicted octanol–water partition coefficient (Wildman–Crippen LogP) is 2.36. The highest BCUT2D eigenvalue weighted by Gasteiger charge is 2.44. The smallest absolute Gasteiger partial charge is 0.0576 e. The molecule has 1 aliphatic carbocycles. The summed E-state index contributed by atoms with van der Waals surface area (Å²) in [6.45, 7) is 8.40. The van der Waals surface area contributed by atoms with Gasteiger partial charge in [0.25, 0.3) is 0 Å². The van der Waals surface area contributed by atoms with Gasteiger partial charge in [0.2, 0.25) is 0 Å². The Balaban J connectivity index is 2.90. The summed E-state index contributed by atoms with van der Waals surface area (Å²) in [5.74, 6) is 0. The summed E-state index contributed by atoms with van der Waals surface area (Å²) in [7, 11) is 0. The number of hydrogen-bond acceptors (Lipinski definition) is 1. The van der Waals surface area contributed by atoms with Crippen LogP contribution in [0.1, 0.15) is 34.1 Å². The van der Waals surface area contributed by atoms with E-state index in [2.05, 4.69) is 32.9 Å². The van der Waals surface area contributed by atoms with Crippen molar-refractivity contribution in [2.24, 2.45) is 10.8 Å². The first-order valence-corrected chi connectivity index (χ1v) is 4.26. The summed E-state index contributed by atoms with van der Waals surface area (Å²) in [5, 5.41) is 9.61. The fraction of sp³-hybridized carbons (Fsp3) is 0.800. The first-order chi connectivity index (χ1) is 4.90. The van der Waals surface area contributed by atoms with E-state index < -0.39 is 0 Å². The highest BCUT2D eigenvalue weighted by atomic mass is 16.3. The van der Waals surface area contributed by atoms with Crippen molar-refractivity contribution in [2.45, 2.75) is 40.2 Å². The number of allylic oxidation sites excluding steroid dienone is 2. The van der Waals surface area contributed by atoms with Gasteiger partial charge in [0, 0.05) is 5.41 Å². The molecule has 1 rings (SSSR count).